The Labute approximate surface area is 125 Å². The van der Waals surface area contributed by atoms with E-state index in [4.69, 9.17) is 0 Å². The minimum atomic E-state index is -0.507. The van der Waals surface area contributed by atoms with E-state index in [1.54, 1.807) is 19.1 Å². The van der Waals surface area contributed by atoms with Crippen molar-refractivity contribution in [2.45, 2.75) is 26.4 Å². The highest BCUT2D eigenvalue weighted by molar-refractivity contribution is 5.75. The van der Waals surface area contributed by atoms with Gasteiger partial charge < -0.3 is 5.32 Å². The molecule has 1 amide bonds. The van der Waals surface area contributed by atoms with Crippen LogP contribution in [0.1, 0.15) is 17.7 Å². The number of hydrogen-bond acceptors (Lipinski definition) is 4. The lowest BCUT2D eigenvalue weighted by Crippen LogP contribution is -2.24. The molecule has 1 heterocycles. The van der Waals surface area contributed by atoms with Gasteiger partial charge in [0.2, 0.25) is 5.91 Å². The van der Waals surface area contributed by atoms with Crippen LogP contribution in [-0.4, -0.2) is 20.6 Å². The molecule has 1 N–H and O–H groups in total. The summed E-state index contributed by atoms with van der Waals surface area (Å²) < 4.78 is 14.2. The number of amides is 1. The van der Waals surface area contributed by atoms with Gasteiger partial charge in [-0.2, -0.15) is 5.10 Å². The SMILES string of the molecule is Cc1c([N+](=O)[O-])cnn1CCC(=O)NCc1ccc(F)cc1. The van der Waals surface area contributed by atoms with Crippen LogP contribution in [0.3, 0.4) is 0 Å². The van der Waals surface area contributed by atoms with Crippen molar-refractivity contribution in [2.75, 3.05) is 0 Å². The van der Waals surface area contributed by atoms with E-state index in [1.807, 2.05) is 0 Å². The topological polar surface area (TPSA) is 90.1 Å². The third-order valence-electron chi connectivity index (χ3n) is 3.23. The first-order chi connectivity index (χ1) is 10.5. The van der Waals surface area contributed by atoms with Gasteiger partial charge >= 0.3 is 5.69 Å². The fourth-order valence-electron chi connectivity index (χ4n) is 1.94. The number of rotatable bonds is 6. The zero-order valence-electron chi connectivity index (χ0n) is 12.0. The van der Waals surface area contributed by atoms with E-state index in [0.29, 0.717) is 12.2 Å². The first-order valence-corrected chi connectivity index (χ1v) is 6.65. The maximum Gasteiger partial charge on any atom is 0.309 e. The van der Waals surface area contributed by atoms with E-state index < -0.39 is 4.92 Å². The molecule has 1 aromatic carbocycles. The molecule has 0 bridgehead atoms. The molecule has 0 atom stereocenters. The van der Waals surface area contributed by atoms with Crippen molar-refractivity contribution in [1.29, 1.82) is 0 Å². The van der Waals surface area contributed by atoms with Gasteiger partial charge in [0.15, 0.2) is 0 Å². The van der Waals surface area contributed by atoms with Gasteiger partial charge in [-0.25, -0.2) is 4.39 Å². The summed E-state index contributed by atoms with van der Waals surface area (Å²) in [7, 11) is 0. The number of halogens is 1. The maximum absolute atomic E-state index is 12.7. The van der Waals surface area contributed by atoms with Crippen molar-refractivity contribution in [3.8, 4) is 0 Å². The van der Waals surface area contributed by atoms with Crippen LogP contribution in [0.4, 0.5) is 10.1 Å². The summed E-state index contributed by atoms with van der Waals surface area (Å²) in [4.78, 5) is 21.9. The molecule has 7 nitrogen and oxygen atoms in total. The fourth-order valence-corrected chi connectivity index (χ4v) is 1.94. The first-order valence-electron chi connectivity index (χ1n) is 6.65. The van der Waals surface area contributed by atoms with Crippen molar-refractivity contribution in [3.05, 3.63) is 57.7 Å². The highest BCUT2D eigenvalue weighted by atomic mass is 19.1. The van der Waals surface area contributed by atoms with Crippen LogP contribution in [0.15, 0.2) is 30.5 Å². The van der Waals surface area contributed by atoms with Crippen molar-refractivity contribution in [3.63, 3.8) is 0 Å². The molecule has 116 valence electrons. The number of benzene rings is 1. The number of carbonyl (C=O) groups excluding carboxylic acids is 1. The van der Waals surface area contributed by atoms with E-state index in [-0.39, 0.29) is 30.4 Å². The van der Waals surface area contributed by atoms with Crippen LogP contribution < -0.4 is 5.32 Å². The smallest absolute Gasteiger partial charge is 0.309 e. The number of aromatic nitrogens is 2. The second-order valence-corrected chi connectivity index (χ2v) is 4.75. The standard InChI is InChI=1S/C14H15FN4O3/c1-10-13(19(21)22)9-17-18(10)7-6-14(20)16-8-11-2-4-12(15)5-3-11/h2-5,9H,6-8H2,1H3,(H,16,20). The average Bonchev–Trinajstić information content (AvgIpc) is 2.85. The largest absolute Gasteiger partial charge is 0.352 e. The average molecular weight is 306 g/mol. The second kappa shape index (κ2) is 6.79. The zero-order chi connectivity index (χ0) is 16.1. The predicted octanol–water partition coefficient (Wildman–Crippen LogP) is 1.95. The minimum Gasteiger partial charge on any atom is -0.352 e. The fraction of sp³-hybridized carbons (Fsp3) is 0.286. The van der Waals surface area contributed by atoms with Gasteiger partial charge in [0.05, 0.1) is 11.5 Å². The molecule has 0 fully saturated rings. The molecule has 2 aromatic rings. The molecule has 0 aliphatic heterocycles. The monoisotopic (exact) mass is 306 g/mol. The summed E-state index contributed by atoms with van der Waals surface area (Å²) in [5, 5.41) is 17.3. The number of aryl methyl sites for hydroxylation is 1. The Hall–Kier alpha value is -2.77. The Morgan fingerprint density at radius 2 is 2.09 bits per heavy atom. The molecule has 0 saturated heterocycles. The highest BCUT2D eigenvalue weighted by Gasteiger charge is 2.16. The van der Waals surface area contributed by atoms with Gasteiger partial charge in [0, 0.05) is 13.0 Å². The molecule has 0 aliphatic rings. The van der Waals surface area contributed by atoms with Crippen molar-refractivity contribution < 1.29 is 14.1 Å². The molecular weight excluding hydrogens is 291 g/mol. The van der Waals surface area contributed by atoms with Gasteiger partial charge in [-0.1, -0.05) is 12.1 Å². The number of nitrogens with one attached hydrogen (secondary N) is 1. The van der Waals surface area contributed by atoms with Crippen LogP contribution in [0.2, 0.25) is 0 Å². The lowest BCUT2D eigenvalue weighted by molar-refractivity contribution is -0.385. The van der Waals surface area contributed by atoms with Crippen LogP contribution >= 0.6 is 0 Å². The Balaban J connectivity index is 1.83. The minimum absolute atomic E-state index is 0.0632. The zero-order valence-corrected chi connectivity index (χ0v) is 12.0. The van der Waals surface area contributed by atoms with E-state index in [0.717, 1.165) is 5.56 Å². The van der Waals surface area contributed by atoms with Crippen LogP contribution in [0, 0.1) is 22.9 Å². The summed E-state index contributed by atoms with van der Waals surface area (Å²) >= 11 is 0. The maximum atomic E-state index is 12.7. The quantitative estimate of drug-likeness (QED) is 0.652. The number of nitro groups is 1. The predicted molar refractivity (Wildman–Crippen MR) is 76.5 cm³/mol. The van der Waals surface area contributed by atoms with Gasteiger partial charge in [-0.3, -0.25) is 19.6 Å². The second-order valence-electron chi connectivity index (χ2n) is 4.75. The van der Waals surface area contributed by atoms with Crippen LogP contribution in [0.25, 0.3) is 0 Å². The Morgan fingerprint density at radius 3 is 2.68 bits per heavy atom. The summed E-state index contributed by atoms with van der Waals surface area (Å²) in [5.41, 5.74) is 1.14. The van der Waals surface area contributed by atoms with Crippen molar-refractivity contribution >= 4 is 11.6 Å². The summed E-state index contributed by atoms with van der Waals surface area (Å²) in [5.74, 6) is -0.535. The highest BCUT2D eigenvalue weighted by Crippen LogP contribution is 2.16. The molecule has 0 aliphatic carbocycles. The molecule has 2 rings (SSSR count). The lowest BCUT2D eigenvalue weighted by atomic mass is 10.2. The summed E-state index contributed by atoms with van der Waals surface area (Å²) in [6.45, 7) is 2.15. The summed E-state index contributed by atoms with van der Waals surface area (Å²) in [6, 6.07) is 5.84. The summed E-state index contributed by atoms with van der Waals surface area (Å²) in [6.07, 6.45) is 1.33. The Bertz CT molecular complexity index is 682. The molecule has 22 heavy (non-hydrogen) atoms. The number of hydrogen-bond donors (Lipinski definition) is 1. The molecule has 0 spiro atoms. The molecule has 0 unspecified atom stereocenters. The Morgan fingerprint density at radius 1 is 1.41 bits per heavy atom. The van der Waals surface area contributed by atoms with Gasteiger partial charge in [-0.15, -0.1) is 0 Å². The van der Waals surface area contributed by atoms with Crippen LogP contribution in [0.5, 0.6) is 0 Å². The van der Waals surface area contributed by atoms with E-state index in [1.165, 1.54) is 23.0 Å². The van der Waals surface area contributed by atoms with E-state index in [9.17, 15) is 19.3 Å². The molecule has 0 saturated carbocycles. The van der Waals surface area contributed by atoms with E-state index >= 15 is 0 Å². The van der Waals surface area contributed by atoms with Crippen LogP contribution in [-0.2, 0) is 17.9 Å². The van der Waals surface area contributed by atoms with Gasteiger partial charge in [-0.05, 0) is 24.6 Å². The Kier molecular flexibility index (Phi) is 4.82. The molecular formula is C14H15FN4O3. The molecule has 0 radical (unpaired) electrons. The first kappa shape index (κ1) is 15.6. The third kappa shape index (κ3) is 3.87. The molecule has 1 aromatic heterocycles. The van der Waals surface area contributed by atoms with Gasteiger partial charge in [0.1, 0.15) is 17.7 Å². The lowest BCUT2D eigenvalue weighted by Gasteiger charge is -2.06. The normalized spacial score (nSPS) is 10.5. The van der Waals surface area contributed by atoms with Crippen molar-refractivity contribution in [1.82, 2.24) is 15.1 Å². The number of carbonyl (C=O) groups is 1. The molecule has 8 heteroatoms. The van der Waals surface area contributed by atoms with E-state index in [2.05, 4.69) is 10.4 Å². The van der Waals surface area contributed by atoms with Gasteiger partial charge in [0.25, 0.3) is 0 Å². The number of nitrogens with zero attached hydrogens (tertiary/aromatic N) is 3. The third-order valence-corrected chi connectivity index (χ3v) is 3.23. The van der Waals surface area contributed by atoms with Crippen molar-refractivity contribution in [2.24, 2.45) is 0 Å².